The third-order valence-electron chi connectivity index (χ3n) is 3.10. The summed E-state index contributed by atoms with van der Waals surface area (Å²) < 4.78 is 5.09. The molecule has 0 fully saturated rings. The Morgan fingerprint density at radius 1 is 1.13 bits per heavy atom. The molecule has 2 rings (SSSR count). The zero-order chi connectivity index (χ0) is 17.0. The molecule has 0 saturated carbocycles. The molecule has 3 amide bonds. The highest BCUT2D eigenvalue weighted by atomic mass is 16.6. The Hall–Kier alpha value is -2.63. The summed E-state index contributed by atoms with van der Waals surface area (Å²) in [6, 6.07) is 6.74. The Labute approximate surface area is 135 Å². The topological polar surface area (TPSA) is 75.7 Å². The second-order valence-electron chi connectivity index (χ2n) is 6.12. The summed E-state index contributed by atoms with van der Waals surface area (Å²) in [6.45, 7) is 5.78. The largest absolute Gasteiger partial charge is 0.444 e. The first kappa shape index (κ1) is 16.7. The second kappa shape index (κ2) is 6.64. The molecular weight excluding hydrogens is 296 g/mol. The number of fused-ring (bicyclic) bond motifs is 1. The minimum Gasteiger partial charge on any atom is -0.444 e. The van der Waals surface area contributed by atoms with E-state index >= 15 is 0 Å². The molecule has 0 bridgehead atoms. The van der Waals surface area contributed by atoms with Crippen molar-refractivity contribution in [1.82, 2.24) is 10.2 Å². The third kappa shape index (κ3) is 4.18. The van der Waals surface area contributed by atoms with Gasteiger partial charge in [-0.2, -0.15) is 0 Å². The van der Waals surface area contributed by atoms with E-state index in [4.69, 9.17) is 4.74 Å². The third-order valence-corrected chi connectivity index (χ3v) is 3.10. The molecule has 1 aliphatic heterocycles. The van der Waals surface area contributed by atoms with Gasteiger partial charge < -0.3 is 10.1 Å². The van der Waals surface area contributed by atoms with Gasteiger partial charge in [0.2, 0.25) is 0 Å². The number of imide groups is 1. The number of nitrogens with zero attached hydrogens (tertiary/aromatic N) is 1. The van der Waals surface area contributed by atoms with Crippen molar-refractivity contribution in [2.75, 3.05) is 13.1 Å². The number of carbonyl (C=O) groups excluding carboxylic acids is 3. The lowest BCUT2D eigenvalue weighted by Gasteiger charge is -2.19. The molecule has 0 unspecified atom stereocenters. The van der Waals surface area contributed by atoms with Crippen LogP contribution >= 0.6 is 0 Å². The number of nitrogens with one attached hydrogen (secondary N) is 1. The predicted molar refractivity (Wildman–Crippen MR) is 85.2 cm³/mol. The Morgan fingerprint density at radius 3 is 2.22 bits per heavy atom. The first-order valence-corrected chi connectivity index (χ1v) is 7.36. The maximum absolute atomic E-state index is 12.1. The van der Waals surface area contributed by atoms with Gasteiger partial charge in [-0.15, -0.1) is 0 Å². The van der Waals surface area contributed by atoms with Gasteiger partial charge in [0.25, 0.3) is 11.8 Å². The van der Waals surface area contributed by atoms with Crippen LogP contribution in [0.5, 0.6) is 0 Å². The fraction of sp³-hybridized carbons (Fsp3) is 0.353. The van der Waals surface area contributed by atoms with Crippen molar-refractivity contribution in [2.45, 2.75) is 26.4 Å². The highest BCUT2D eigenvalue weighted by molar-refractivity contribution is 6.21. The monoisotopic (exact) mass is 316 g/mol. The highest BCUT2D eigenvalue weighted by Crippen LogP contribution is 2.21. The molecular formula is C17H20N2O4. The normalized spacial score (nSPS) is 14.3. The first-order valence-electron chi connectivity index (χ1n) is 7.36. The van der Waals surface area contributed by atoms with Crippen LogP contribution in [0.4, 0.5) is 4.79 Å². The van der Waals surface area contributed by atoms with Crippen molar-refractivity contribution < 1.29 is 19.1 Å². The van der Waals surface area contributed by atoms with Crippen LogP contribution < -0.4 is 5.32 Å². The van der Waals surface area contributed by atoms with Crippen LogP contribution in [-0.2, 0) is 4.74 Å². The smallest absolute Gasteiger partial charge is 0.407 e. The quantitative estimate of drug-likeness (QED) is 0.683. The molecule has 122 valence electrons. The molecule has 6 nitrogen and oxygen atoms in total. The average molecular weight is 316 g/mol. The van der Waals surface area contributed by atoms with Gasteiger partial charge in [0.15, 0.2) is 0 Å². The SMILES string of the molecule is CC(C)(C)OC(=O)NC/C=C/CN1C(=O)c2ccccc2C1=O. The van der Waals surface area contributed by atoms with Gasteiger partial charge in [0.05, 0.1) is 11.1 Å². The summed E-state index contributed by atoms with van der Waals surface area (Å²) >= 11 is 0. The van der Waals surface area contributed by atoms with Crippen molar-refractivity contribution >= 4 is 17.9 Å². The Morgan fingerprint density at radius 2 is 1.70 bits per heavy atom. The standard InChI is InChI=1S/C17H20N2O4/c1-17(2,3)23-16(22)18-10-6-7-11-19-14(20)12-8-4-5-9-13(12)15(19)21/h4-9H,10-11H2,1-3H3,(H,18,22)/b7-6+. The maximum Gasteiger partial charge on any atom is 0.407 e. The van der Waals surface area contributed by atoms with Crippen LogP contribution in [0.2, 0.25) is 0 Å². The van der Waals surface area contributed by atoms with Crippen molar-refractivity contribution in [2.24, 2.45) is 0 Å². The van der Waals surface area contributed by atoms with Gasteiger partial charge in [0, 0.05) is 13.1 Å². The van der Waals surface area contributed by atoms with Crippen LogP contribution in [0, 0.1) is 0 Å². The number of amides is 3. The highest BCUT2D eigenvalue weighted by Gasteiger charge is 2.33. The maximum atomic E-state index is 12.1. The fourth-order valence-corrected chi connectivity index (χ4v) is 2.12. The van der Waals surface area contributed by atoms with E-state index in [0.29, 0.717) is 11.1 Å². The van der Waals surface area contributed by atoms with Gasteiger partial charge in [-0.25, -0.2) is 4.79 Å². The molecule has 6 heteroatoms. The molecule has 0 saturated heterocycles. The molecule has 1 aromatic rings. The summed E-state index contributed by atoms with van der Waals surface area (Å²) in [5.74, 6) is -0.592. The average Bonchev–Trinajstić information content (AvgIpc) is 2.70. The predicted octanol–water partition coefficient (Wildman–Crippen LogP) is 2.36. The number of benzene rings is 1. The Bertz CT molecular complexity index is 624. The molecule has 1 N–H and O–H groups in total. The van der Waals surface area contributed by atoms with E-state index in [-0.39, 0.29) is 24.9 Å². The Balaban J connectivity index is 1.82. The van der Waals surface area contributed by atoms with E-state index in [0.717, 1.165) is 0 Å². The lowest BCUT2D eigenvalue weighted by Crippen LogP contribution is -2.32. The van der Waals surface area contributed by atoms with Crippen LogP contribution in [-0.4, -0.2) is 41.5 Å². The summed E-state index contributed by atoms with van der Waals surface area (Å²) in [5.41, 5.74) is 0.309. The second-order valence-corrected chi connectivity index (χ2v) is 6.12. The Kier molecular flexibility index (Phi) is 4.83. The van der Waals surface area contributed by atoms with Crippen LogP contribution in [0.25, 0.3) is 0 Å². The molecule has 0 aliphatic carbocycles. The van der Waals surface area contributed by atoms with E-state index in [2.05, 4.69) is 5.32 Å². The van der Waals surface area contributed by atoms with Crippen molar-refractivity contribution in [1.29, 1.82) is 0 Å². The molecule has 23 heavy (non-hydrogen) atoms. The minimum atomic E-state index is -0.548. The number of ether oxygens (including phenoxy) is 1. The van der Waals surface area contributed by atoms with Crippen LogP contribution in [0.15, 0.2) is 36.4 Å². The van der Waals surface area contributed by atoms with Crippen molar-refractivity contribution in [3.8, 4) is 0 Å². The van der Waals surface area contributed by atoms with Gasteiger partial charge in [0.1, 0.15) is 5.60 Å². The van der Waals surface area contributed by atoms with E-state index in [1.165, 1.54) is 4.90 Å². The molecule has 0 spiro atoms. The summed E-state index contributed by atoms with van der Waals surface area (Å²) in [6.07, 6.45) is 2.83. The molecule has 1 aliphatic rings. The fourth-order valence-electron chi connectivity index (χ4n) is 2.12. The van der Waals surface area contributed by atoms with E-state index < -0.39 is 11.7 Å². The molecule has 1 aromatic carbocycles. The van der Waals surface area contributed by atoms with Gasteiger partial charge in [-0.3, -0.25) is 14.5 Å². The number of carbonyl (C=O) groups is 3. The van der Waals surface area contributed by atoms with Crippen molar-refractivity contribution in [3.05, 3.63) is 47.5 Å². The molecule has 0 atom stereocenters. The summed E-state index contributed by atoms with van der Waals surface area (Å²) in [5, 5.41) is 2.57. The lowest BCUT2D eigenvalue weighted by molar-refractivity contribution is 0.0532. The van der Waals surface area contributed by atoms with E-state index in [1.807, 2.05) is 0 Å². The minimum absolute atomic E-state index is 0.169. The number of hydrogen-bond donors (Lipinski definition) is 1. The van der Waals surface area contributed by atoms with Gasteiger partial charge in [-0.1, -0.05) is 24.3 Å². The molecule has 0 radical (unpaired) electrons. The summed E-state index contributed by atoms with van der Waals surface area (Å²) in [7, 11) is 0. The summed E-state index contributed by atoms with van der Waals surface area (Å²) in [4.78, 5) is 36.9. The first-order chi connectivity index (χ1) is 10.8. The van der Waals surface area contributed by atoms with Gasteiger partial charge >= 0.3 is 6.09 Å². The molecule has 0 aromatic heterocycles. The molecule has 1 heterocycles. The zero-order valence-electron chi connectivity index (χ0n) is 13.5. The lowest BCUT2D eigenvalue weighted by atomic mass is 10.1. The van der Waals surface area contributed by atoms with Crippen LogP contribution in [0.1, 0.15) is 41.5 Å². The number of alkyl carbamates (subject to hydrolysis) is 1. The van der Waals surface area contributed by atoms with Crippen molar-refractivity contribution in [3.63, 3.8) is 0 Å². The van der Waals surface area contributed by atoms with Crippen LogP contribution in [0.3, 0.4) is 0 Å². The number of hydrogen-bond acceptors (Lipinski definition) is 4. The van der Waals surface area contributed by atoms with E-state index in [1.54, 1.807) is 57.2 Å². The van der Waals surface area contributed by atoms with E-state index in [9.17, 15) is 14.4 Å². The zero-order valence-corrected chi connectivity index (χ0v) is 13.5. The number of rotatable bonds is 4. The van der Waals surface area contributed by atoms with Gasteiger partial charge in [-0.05, 0) is 32.9 Å².